The van der Waals surface area contributed by atoms with Crippen LogP contribution < -0.4 is 5.32 Å². The van der Waals surface area contributed by atoms with Gasteiger partial charge in [-0.15, -0.1) is 5.10 Å². The van der Waals surface area contributed by atoms with Gasteiger partial charge in [0.15, 0.2) is 0 Å². The Morgan fingerprint density at radius 2 is 2.14 bits per heavy atom. The summed E-state index contributed by atoms with van der Waals surface area (Å²) >= 11 is 0. The van der Waals surface area contributed by atoms with Gasteiger partial charge in [0, 0.05) is 18.0 Å². The first-order valence-electron chi connectivity index (χ1n) is 7.62. The van der Waals surface area contributed by atoms with E-state index < -0.39 is 0 Å². The van der Waals surface area contributed by atoms with E-state index in [4.69, 9.17) is 0 Å². The molecule has 1 aliphatic carbocycles. The van der Waals surface area contributed by atoms with Gasteiger partial charge in [-0.1, -0.05) is 42.0 Å². The fourth-order valence-corrected chi connectivity index (χ4v) is 2.82. The van der Waals surface area contributed by atoms with Crippen molar-refractivity contribution >= 4 is 5.91 Å². The van der Waals surface area contributed by atoms with Gasteiger partial charge in [-0.25, -0.2) is 4.68 Å². The van der Waals surface area contributed by atoms with Crippen molar-refractivity contribution in [3.05, 3.63) is 36.5 Å². The first-order valence-corrected chi connectivity index (χ1v) is 7.62. The predicted octanol–water partition coefficient (Wildman–Crippen LogP) is 1.22. The van der Waals surface area contributed by atoms with Crippen LogP contribution in [0, 0.1) is 5.92 Å². The predicted molar refractivity (Wildman–Crippen MR) is 81.8 cm³/mol. The van der Waals surface area contributed by atoms with E-state index >= 15 is 0 Å². The molecule has 1 saturated carbocycles. The number of carbonyl (C=O) groups excluding carboxylic acids is 1. The number of nitrogens with zero attached hydrogens (tertiary/aromatic N) is 3. The van der Waals surface area contributed by atoms with Crippen LogP contribution in [0.15, 0.2) is 36.5 Å². The number of benzene rings is 1. The van der Waals surface area contributed by atoms with Crippen molar-refractivity contribution < 1.29 is 9.90 Å². The van der Waals surface area contributed by atoms with Gasteiger partial charge in [0.25, 0.3) is 0 Å². The van der Waals surface area contributed by atoms with Crippen LogP contribution in [-0.4, -0.2) is 38.7 Å². The maximum absolute atomic E-state index is 11.9. The number of rotatable bonds is 5. The highest BCUT2D eigenvalue weighted by atomic mass is 16.3. The van der Waals surface area contributed by atoms with E-state index in [1.165, 1.54) is 4.68 Å². The third kappa shape index (κ3) is 3.51. The lowest BCUT2D eigenvalue weighted by Gasteiger charge is -2.14. The summed E-state index contributed by atoms with van der Waals surface area (Å²) in [6, 6.07) is 9.73. The van der Waals surface area contributed by atoms with Crippen LogP contribution in [0.3, 0.4) is 0 Å². The molecule has 0 aliphatic heterocycles. The first kappa shape index (κ1) is 14.7. The van der Waals surface area contributed by atoms with Crippen LogP contribution in [0.25, 0.3) is 11.3 Å². The van der Waals surface area contributed by atoms with E-state index in [0.717, 1.165) is 30.5 Å². The Balaban J connectivity index is 1.53. The topological polar surface area (TPSA) is 80.0 Å². The van der Waals surface area contributed by atoms with Crippen LogP contribution >= 0.6 is 0 Å². The van der Waals surface area contributed by atoms with Gasteiger partial charge in [-0.3, -0.25) is 4.79 Å². The standard InChI is InChI=1S/C16H20N4O2/c21-15-8-4-7-13(15)9-17-16(22)11-20-10-14(18-19-20)12-5-2-1-3-6-12/h1-3,5-6,10,13,15,21H,4,7-9,11H2,(H,17,22). The minimum atomic E-state index is -0.281. The van der Waals surface area contributed by atoms with Crippen molar-refractivity contribution in [2.24, 2.45) is 5.92 Å². The number of hydrogen-bond donors (Lipinski definition) is 2. The van der Waals surface area contributed by atoms with Crippen LogP contribution in [-0.2, 0) is 11.3 Å². The Kier molecular flexibility index (Phi) is 4.48. The van der Waals surface area contributed by atoms with E-state index in [0.29, 0.717) is 6.54 Å². The summed E-state index contributed by atoms with van der Waals surface area (Å²) in [7, 11) is 0. The summed E-state index contributed by atoms with van der Waals surface area (Å²) in [5.74, 6) is 0.0724. The zero-order valence-electron chi connectivity index (χ0n) is 12.4. The second-order valence-corrected chi connectivity index (χ2v) is 5.73. The molecule has 2 unspecified atom stereocenters. The molecule has 2 atom stereocenters. The highest BCUT2D eigenvalue weighted by Gasteiger charge is 2.25. The Labute approximate surface area is 129 Å². The molecule has 22 heavy (non-hydrogen) atoms. The van der Waals surface area contributed by atoms with Gasteiger partial charge in [-0.05, 0) is 12.8 Å². The van der Waals surface area contributed by atoms with Gasteiger partial charge in [0.05, 0.1) is 12.3 Å². The Morgan fingerprint density at radius 3 is 2.86 bits per heavy atom. The highest BCUT2D eigenvalue weighted by molar-refractivity contribution is 5.75. The average molecular weight is 300 g/mol. The van der Waals surface area contributed by atoms with Gasteiger partial charge in [-0.2, -0.15) is 0 Å². The molecule has 2 N–H and O–H groups in total. The zero-order valence-corrected chi connectivity index (χ0v) is 12.4. The summed E-state index contributed by atoms with van der Waals surface area (Å²) in [4.78, 5) is 11.9. The van der Waals surface area contributed by atoms with Gasteiger partial charge >= 0.3 is 0 Å². The van der Waals surface area contributed by atoms with E-state index in [1.54, 1.807) is 6.20 Å². The van der Waals surface area contributed by atoms with Crippen LogP contribution in [0.1, 0.15) is 19.3 Å². The third-order valence-corrected chi connectivity index (χ3v) is 4.09. The van der Waals surface area contributed by atoms with Crippen molar-refractivity contribution in [1.29, 1.82) is 0 Å². The lowest BCUT2D eigenvalue weighted by Crippen LogP contribution is -2.34. The third-order valence-electron chi connectivity index (χ3n) is 4.09. The molecule has 6 nitrogen and oxygen atoms in total. The fourth-order valence-electron chi connectivity index (χ4n) is 2.82. The highest BCUT2D eigenvalue weighted by Crippen LogP contribution is 2.24. The summed E-state index contributed by atoms with van der Waals surface area (Å²) < 4.78 is 1.53. The molecule has 0 bridgehead atoms. The van der Waals surface area contributed by atoms with Crippen LogP contribution in [0.2, 0.25) is 0 Å². The lowest BCUT2D eigenvalue weighted by atomic mass is 10.1. The minimum absolute atomic E-state index is 0.108. The Morgan fingerprint density at radius 1 is 1.32 bits per heavy atom. The van der Waals surface area contributed by atoms with E-state index in [2.05, 4.69) is 15.6 Å². The lowest BCUT2D eigenvalue weighted by molar-refractivity contribution is -0.122. The number of aromatic nitrogens is 3. The Hall–Kier alpha value is -2.21. The number of aliphatic hydroxyl groups excluding tert-OH is 1. The molecule has 1 aromatic heterocycles. The number of carbonyl (C=O) groups is 1. The zero-order chi connectivity index (χ0) is 15.4. The van der Waals surface area contributed by atoms with Crippen molar-refractivity contribution in [1.82, 2.24) is 20.3 Å². The molecule has 1 amide bonds. The SMILES string of the molecule is O=C(Cn1cc(-c2ccccc2)nn1)NCC1CCCC1O. The summed E-state index contributed by atoms with van der Waals surface area (Å²) in [5.41, 5.74) is 1.72. The first-order chi connectivity index (χ1) is 10.7. The maximum Gasteiger partial charge on any atom is 0.241 e. The van der Waals surface area contributed by atoms with Crippen LogP contribution in [0.4, 0.5) is 0 Å². The fraction of sp³-hybridized carbons (Fsp3) is 0.438. The molecule has 1 aliphatic rings. The molecule has 1 fully saturated rings. The van der Waals surface area contributed by atoms with Crippen molar-refractivity contribution in [2.45, 2.75) is 31.9 Å². The molecule has 0 spiro atoms. The second-order valence-electron chi connectivity index (χ2n) is 5.73. The van der Waals surface area contributed by atoms with E-state index in [9.17, 15) is 9.90 Å². The molecule has 1 heterocycles. The monoisotopic (exact) mass is 300 g/mol. The average Bonchev–Trinajstić information content (AvgIpc) is 3.15. The minimum Gasteiger partial charge on any atom is -0.393 e. The molecule has 2 aromatic rings. The molecule has 0 saturated heterocycles. The van der Waals surface area contributed by atoms with Crippen molar-refractivity contribution in [3.63, 3.8) is 0 Å². The summed E-state index contributed by atoms with van der Waals surface area (Å²) in [6.45, 7) is 0.670. The normalized spacial score (nSPS) is 21.0. The van der Waals surface area contributed by atoms with Crippen LogP contribution in [0.5, 0.6) is 0 Å². The van der Waals surface area contributed by atoms with Crippen molar-refractivity contribution in [3.8, 4) is 11.3 Å². The second kappa shape index (κ2) is 6.70. The quantitative estimate of drug-likeness (QED) is 0.870. The Bertz CT molecular complexity index is 626. The smallest absolute Gasteiger partial charge is 0.241 e. The molecule has 3 rings (SSSR count). The van der Waals surface area contributed by atoms with Crippen molar-refractivity contribution in [2.75, 3.05) is 6.54 Å². The number of amides is 1. The van der Waals surface area contributed by atoms with Gasteiger partial charge in [0.2, 0.25) is 5.91 Å². The number of nitrogens with one attached hydrogen (secondary N) is 1. The van der Waals surface area contributed by atoms with E-state index in [-0.39, 0.29) is 24.5 Å². The molecule has 0 radical (unpaired) electrons. The summed E-state index contributed by atoms with van der Waals surface area (Å²) in [5, 5.41) is 20.7. The molecular formula is C16H20N4O2. The number of hydrogen-bond acceptors (Lipinski definition) is 4. The molecule has 6 heteroatoms. The number of aliphatic hydroxyl groups is 1. The largest absolute Gasteiger partial charge is 0.393 e. The van der Waals surface area contributed by atoms with Gasteiger partial charge in [0.1, 0.15) is 12.2 Å². The molecule has 116 valence electrons. The molecular weight excluding hydrogens is 280 g/mol. The van der Waals surface area contributed by atoms with Gasteiger partial charge < -0.3 is 10.4 Å². The maximum atomic E-state index is 11.9. The summed E-state index contributed by atoms with van der Waals surface area (Å²) in [6.07, 6.45) is 4.33. The molecule has 1 aromatic carbocycles. The van der Waals surface area contributed by atoms with E-state index in [1.807, 2.05) is 30.3 Å².